The first kappa shape index (κ1) is 25.1. The van der Waals surface area contributed by atoms with E-state index in [2.05, 4.69) is 26.0 Å². The lowest BCUT2D eigenvalue weighted by Gasteiger charge is -2.25. The number of aryl methyl sites for hydroxylation is 2. The maximum atomic E-state index is 6.90. The van der Waals surface area contributed by atoms with Crippen LogP contribution in [0.25, 0.3) is 22.2 Å². The molecule has 0 fully saturated rings. The Morgan fingerprint density at radius 2 is 1.95 bits per heavy atom. The molecule has 1 aromatic carbocycles. The summed E-state index contributed by atoms with van der Waals surface area (Å²) in [6.45, 7) is 2.52. The highest BCUT2D eigenvalue weighted by Gasteiger charge is 2.19. The molecule has 4 aromatic heterocycles. The van der Waals surface area contributed by atoms with Gasteiger partial charge in [-0.25, -0.2) is 14.3 Å². The third-order valence-corrected chi connectivity index (χ3v) is 6.96. The molecule has 0 atom stereocenters. The molecule has 0 amide bonds. The molecule has 4 heterocycles. The van der Waals surface area contributed by atoms with Crippen LogP contribution in [-0.4, -0.2) is 54.2 Å². The van der Waals surface area contributed by atoms with Gasteiger partial charge in [-0.3, -0.25) is 13.6 Å². The number of rotatable bonds is 8. The highest BCUT2D eigenvalue weighted by molar-refractivity contribution is 7.95. The summed E-state index contributed by atoms with van der Waals surface area (Å²) in [4.78, 5) is 16.4. The van der Waals surface area contributed by atoms with Gasteiger partial charge in [0, 0.05) is 66.8 Å². The molecule has 0 bridgehead atoms. The van der Waals surface area contributed by atoms with Crippen molar-refractivity contribution in [2.45, 2.75) is 13.5 Å². The maximum Gasteiger partial charge on any atom is 0.139 e. The normalized spacial score (nSPS) is 11.4. The van der Waals surface area contributed by atoms with Gasteiger partial charge in [0.05, 0.1) is 30.4 Å². The van der Waals surface area contributed by atoms with Crippen LogP contribution in [0.4, 0.5) is 11.5 Å². The van der Waals surface area contributed by atoms with Crippen molar-refractivity contribution >= 4 is 46.3 Å². The molecular weight excluding hydrogens is 508 g/mol. The van der Waals surface area contributed by atoms with Crippen molar-refractivity contribution in [1.82, 2.24) is 33.0 Å². The topological polar surface area (TPSA) is 77.1 Å². The van der Waals surface area contributed by atoms with E-state index in [-0.39, 0.29) is 0 Å². The first-order valence-corrected chi connectivity index (χ1v) is 12.7. The van der Waals surface area contributed by atoms with E-state index in [0.29, 0.717) is 22.6 Å². The first-order valence-electron chi connectivity index (χ1n) is 11.6. The lowest BCUT2D eigenvalue weighted by atomic mass is 10.1. The molecule has 5 rings (SSSR count). The number of fused-ring (bicyclic) bond motifs is 1. The van der Waals surface area contributed by atoms with Crippen LogP contribution < -0.4 is 9.64 Å². The van der Waals surface area contributed by atoms with Gasteiger partial charge in [0.15, 0.2) is 0 Å². The van der Waals surface area contributed by atoms with Gasteiger partial charge in [-0.1, -0.05) is 11.6 Å². The number of benzene rings is 1. The van der Waals surface area contributed by atoms with Gasteiger partial charge in [-0.05, 0) is 50.8 Å². The average molecular weight is 535 g/mol. The molecule has 9 nitrogen and oxygen atoms in total. The zero-order valence-electron chi connectivity index (χ0n) is 21.3. The molecule has 0 N–H and O–H groups in total. The predicted molar refractivity (Wildman–Crippen MR) is 149 cm³/mol. The summed E-state index contributed by atoms with van der Waals surface area (Å²) >= 11 is 8.46. The van der Waals surface area contributed by atoms with Gasteiger partial charge in [0.2, 0.25) is 0 Å². The zero-order chi connectivity index (χ0) is 26.1. The minimum atomic E-state index is 0.478. The second-order valence-corrected chi connectivity index (χ2v) is 10.4. The van der Waals surface area contributed by atoms with Gasteiger partial charge in [-0.15, -0.1) is 0 Å². The van der Waals surface area contributed by atoms with E-state index in [9.17, 15) is 0 Å². The summed E-state index contributed by atoms with van der Waals surface area (Å²) in [6.07, 6.45) is 9.19. The maximum absolute atomic E-state index is 6.90. The van der Waals surface area contributed by atoms with Crippen LogP contribution in [0.3, 0.4) is 0 Å². The molecule has 0 unspecified atom stereocenters. The molecule has 0 aliphatic rings. The summed E-state index contributed by atoms with van der Waals surface area (Å²) in [5.74, 6) is 2.36. The molecule has 0 aliphatic heterocycles. The summed E-state index contributed by atoms with van der Waals surface area (Å²) in [5.41, 5.74) is 5.01. The number of nitrogens with zero attached hydrogens (tertiary/aromatic N) is 8. The molecule has 5 aromatic rings. The van der Waals surface area contributed by atoms with Crippen LogP contribution in [0.15, 0.2) is 61.3 Å². The Morgan fingerprint density at radius 3 is 2.68 bits per heavy atom. The van der Waals surface area contributed by atoms with E-state index in [0.717, 1.165) is 39.8 Å². The van der Waals surface area contributed by atoms with E-state index in [1.165, 1.54) is 0 Å². The lowest BCUT2D eigenvalue weighted by molar-refractivity contribution is 0.414. The zero-order valence-corrected chi connectivity index (χ0v) is 22.8. The Kier molecular flexibility index (Phi) is 7.05. The van der Waals surface area contributed by atoms with Crippen molar-refractivity contribution in [2.24, 2.45) is 7.05 Å². The quantitative estimate of drug-likeness (QED) is 0.241. The number of pyridine rings is 2. The van der Waals surface area contributed by atoms with Crippen molar-refractivity contribution in [3.05, 3.63) is 77.7 Å². The number of anilines is 2. The summed E-state index contributed by atoms with van der Waals surface area (Å²) in [7, 11) is 7.53. The first-order chi connectivity index (χ1) is 17.8. The number of hydrogen-bond acceptors (Lipinski definition) is 8. The van der Waals surface area contributed by atoms with E-state index in [1.807, 2.05) is 73.0 Å². The third kappa shape index (κ3) is 5.27. The fourth-order valence-corrected chi connectivity index (χ4v) is 5.03. The van der Waals surface area contributed by atoms with Gasteiger partial charge in [-0.2, -0.15) is 5.10 Å². The highest BCUT2D eigenvalue weighted by Crippen LogP contribution is 2.36. The predicted octanol–water partition coefficient (Wildman–Crippen LogP) is 5.51. The van der Waals surface area contributed by atoms with Crippen LogP contribution in [0.2, 0.25) is 5.02 Å². The molecule has 0 radical (unpaired) electrons. The summed E-state index contributed by atoms with van der Waals surface area (Å²) in [5, 5.41) is 4.80. The minimum absolute atomic E-state index is 0.478. The van der Waals surface area contributed by atoms with Crippen molar-refractivity contribution in [1.29, 1.82) is 0 Å². The van der Waals surface area contributed by atoms with E-state index in [1.54, 1.807) is 42.5 Å². The molecule has 190 valence electrons. The Balaban J connectivity index is 1.64. The molecule has 11 heteroatoms. The largest absolute Gasteiger partial charge is 0.497 e. The Morgan fingerprint density at radius 1 is 1.11 bits per heavy atom. The van der Waals surface area contributed by atoms with Crippen molar-refractivity contribution in [2.75, 3.05) is 26.1 Å². The van der Waals surface area contributed by atoms with Crippen LogP contribution in [0, 0.1) is 6.92 Å². The van der Waals surface area contributed by atoms with Crippen molar-refractivity contribution in [3.8, 4) is 16.9 Å². The van der Waals surface area contributed by atoms with Crippen LogP contribution in [0.1, 0.15) is 11.4 Å². The molecule has 37 heavy (non-hydrogen) atoms. The summed E-state index contributed by atoms with van der Waals surface area (Å²) < 4.78 is 11.4. The standard InChI is InChI=1S/C26H27ClN8OS/c1-17-10-19(12-20(11-17)36-5)34(16-24-28-8-9-35(24)37-32(2)3)23-7-6-22-26(31-23)25(27)21(14-29-22)18-13-30-33(4)15-18/h6-15H,16H2,1-5H3. The van der Waals surface area contributed by atoms with Crippen LogP contribution >= 0.6 is 23.7 Å². The molecule has 0 saturated carbocycles. The smallest absolute Gasteiger partial charge is 0.139 e. The van der Waals surface area contributed by atoms with E-state index in [4.69, 9.17) is 21.3 Å². The number of ether oxygens (including phenoxy) is 1. The van der Waals surface area contributed by atoms with Gasteiger partial charge in [0.1, 0.15) is 22.9 Å². The monoisotopic (exact) mass is 534 g/mol. The lowest BCUT2D eigenvalue weighted by Crippen LogP contribution is -2.21. The number of aromatic nitrogens is 6. The molecule has 0 spiro atoms. The highest BCUT2D eigenvalue weighted by atomic mass is 35.5. The number of hydrogen-bond donors (Lipinski definition) is 0. The van der Waals surface area contributed by atoms with E-state index < -0.39 is 0 Å². The van der Waals surface area contributed by atoms with Gasteiger partial charge < -0.3 is 9.64 Å². The number of halogens is 1. The summed E-state index contributed by atoms with van der Waals surface area (Å²) in [6, 6.07) is 10.00. The fraction of sp³-hybridized carbons (Fsp3) is 0.231. The van der Waals surface area contributed by atoms with Crippen LogP contribution in [0.5, 0.6) is 5.75 Å². The number of methoxy groups -OCH3 is 1. The van der Waals surface area contributed by atoms with Crippen LogP contribution in [-0.2, 0) is 13.6 Å². The van der Waals surface area contributed by atoms with Gasteiger partial charge >= 0.3 is 0 Å². The Hall–Kier alpha value is -3.60. The second-order valence-electron chi connectivity index (χ2n) is 8.78. The molecule has 0 aliphatic carbocycles. The van der Waals surface area contributed by atoms with Crippen molar-refractivity contribution in [3.63, 3.8) is 0 Å². The van der Waals surface area contributed by atoms with Crippen molar-refractivity contribution < 1.29 is 4.74 Å². The Bertz CT molecular complexity index is 1560. The van der Waals surface area contributed by atoms with Gasteiger partial charge in [0.25, 0.3) is 0 Å². The minimum Gasteiger partial charge on any atom is -0.497 e. The SMILES string of the molecule is COc1cc(C)cc(N(Cc2nccn2SN(C)C)c2ccc3ncc(-c4cnn(C)c4)c(Cl)c3n2)c1. The molecular formula is C26H27ClN8OS. The fourth-order valence-electron chi connectivity index (χ4n) is 4.07. The van der Waals surface area contributed by atoms with E-state index >= 15 is 0 Å². The average Bonchev–Trinajstić information content (AvgIpc) is 3.50. The molecule has 0 saturated heterocycles. The third-order valence-electron chi connectivity index (χ3n) is 5.74. The Labute approximate surface area is 224 Å². The second kappa shape index (κ2) is 10.4. The number of imidazole rings is 1.